The summed E-state index contributed by atoms with van der Waals surface area (Å²) in [5.74, 6) is -0.380. The lowest BCUT2D eigenvalue weighted by atomic mass is 9.68. The number of Topliss-reactive ketones (excluding diaryl/α,β-unsaturated/α-hetero) is 1. The van der Waals surface area contributed by atoms with Crippen molar-refractivity contribution in [1.82, 2.24) is 0 Å². The van der Waals surface area contributed by atoms with Crippen molar-refractivity contribution < 1.29 is 14.3 Å². The molecule has 0 heterocycles. The van der Waals surface area contributed by atoms with Crippen LogP contribution in [0.4, 0.5) is 0 Å². The van der Waals surface area contributed by atoms with Crippen molar-refractivity contribution in [2.45, 2.75) is 42.9 Å². The van der Waals surface area contributed by atoms with E-state index >= 15 is 0 Å². The van der Waals surface area contributed by atoms with Gasteiger partial charge in [-0.05, 0) is 37.7 Å². The maximum Gasteiger partial charge on any atom is 0.324 e. The van der Waals surface area contributed by atoms with Gasteiger partial charge in [0.1, 0.15) is 0 Å². The third-order valence-electron chi connectivity index (χ3n) is 3.87. The number of carbonyl (C=O) groups is 2. The molecule has 1 atom stereocenters. The molecule has 0 bridgehead atoms. The van der Waals surface area contributed by atoms with Crippen molar-refractivity contribution in [3.8, 4) is 0 Å². The molecular formula is C16H20O3S. The number of benzene rings is 1. The first-order valence-corrected chi connectivity index (χ1v) is 8.23. The van der Waals surface area contributed by atoms with Crippen molar-refractivity contribution in [2.75, 3.05) is 12.9 Å². The lowest BCUT2D eigenvalue weighted by molar-refractivity contribution is -0.155. The first-order chi connectivity index (χ1) is 9.66. The largest absolute Gasteiger partial charge is 0.465 e. The van der Waals surface area contributed by atoms with E-state index in [4.69, 9.17) is 4.74 Å². The molecule has 0 aliphatic heterocycles. The second kappa shape index (κ2) is 6.44. The Morgan fingerprint density at radius 2 is 2.10 bits per heavy atom. The van der Waals surface area contributed by atoms with E-state index in [2.05, 4.69) is 0 Å². The summed E-state index contributed by atoms with van der Waals surface area (Å²) in [7, 11) is 0. The molecule has 1 aliphatic carbocycles. The monoisotopic (exact) mass is 292 g/mol. The molecule has 0 spiro atoms. The summed E-state index contributed by atoms with van der Waals surface area (Å²) in [5.41, 5.74) is -0.274. The number of thioether (sulfide) groups is 1. The standard InChI is InChI=1S/C16H20O3S/c1-3-19-15(18)16(11-7-6-10-14(16)17)12-8-4-5-9-13(12)20-2/h4-5,8-9H,3,6-7,10-11H2,1-2H3. The van der Waals surface area contributed by atoms with Crippen LogP contribution in [0.3, 0.4) is 0 Å². The Bertz CT molecular complexity index is 512. The Morgan fingerprint density at radius 1 is 1.35 bits per heavy atom. The highest BCUT2D eigenvalue weighted by Crippen LogP contribution is 2.41. The van der Waals surface area contributed by atoms with Crippen LogP contribution < -0.4 is 0 Å². The molecule has 1 aromatic rings. The summed E-state index contributed by atoms with van der Waals surface area (Å²) in [6.07, 6.45) is 4.73. The quantitative estimate of drug-likeness (QED) is 0.485. The van der Waals surface area contributed by atoms with E-state index in [1.807, 2.05) is 30.5 Å². The zero-order valence-corrected chi connectivity index (χ0v) is 12.8. The fraction of sp³-hybridized carbons (Fsp3) is 0.500. The Balaban J connectivity index is 2.56. The van der Waals surface area contributed by atoms with Crippen molar-refractivity contribution in [1.29, 1.82) is 0 Å². The molecule has 3 nitrogen and oxygen atoms in total. The highest BCUT2D eigenvalue weighted by Gasteiger charge is 2.50. The number of ether oxygens (including phenoxy) is 1. The SMILES string of the molecule is CCOC(=O)C1(c2ccccc2SC)CCCCC1=O. The molecule has 2 rings (SSSR count). The van der Waals surface area contributed by atoms with Gasteiger partial charge in [-0.1, -0.05) is 24.6 Å². The predicted octanol–water partition coefficient (Wildman–Crippen LogP) is 3.35. The summed E-state index contributed by atoms with van der Waals surface area (Å²) in [5, 5.41) is 0. The second-order valence-electron chi connectivity index (χ2n) is 4.96. The van der Waals surface area contributed by atoms with Crippen LogP contribution in [0.5, 0.6) is 0 Å². The van der Waals surface area contributed by atoms with Crippen LogP contribution in [-0.2, 0) is 19.7 Å². The maximum absolute atomic E-state index is 12.6. The van der Waals surface area contributed by atoms with Gasteiger partial charge in [0.2, 0.25) is 0 Å². The molecule has 108 valence electrons. The minimum absolute atomic E-state index is 0.00343. The highest BCUT2D eigenvalue weighted by molar-refractivity contribution is 7.98. The minimum Gasteiger partial charge on any atom is -0.465 e. The number of carbonyl (C=O) groups excluding carboxylic acids is 2. The molecule has 20 heavy (non-hydrogen) atoms. The summed E-state index contributed by atoms with van der Waals surface area (Å²) in [6, 6.07) is 7.67. The van der Waals surface area contributed by atoms with E-state index < -0.39 is 5.41 Å². The van der Waals surface area contributed by atoms with Crippen LogP contribution in [-0.4, -0.2) is 24.6 Å². The van der Waals surface area contributed by atoms with Crippen molar-refractivity contribution in [3.05, 3.63) is 29.8 Å². The zero-order chi connectivity index (χ0) is 14.6. The zero-order valence-electron chi connectivity index (χ0n) is 12.0. The summed E-state index contributed by atoms with van der Waals surface area (Å²) < 4.78 is 5.24. The molecule has 0 saturated heterocycles. The van der Waals surface area contributed by atoms with Crippen LogP contribution in [0.2, 0.25) is 0 Å². The van der Waals surface area contributed by atoms with E-state index in [-0.39, 0.29) is 11.8 Å². The van der Waals surface area contributed by atoms with Gasteiger partial charge in [0.05, 0.1) is 6.61 Å². The molecule has 0 N–H and O–H groups in total. The minimum atomic E-state index is -1.09. The fourth-order valence-electron chi connectivity index (χ4n) is 2.89. The normalized spacial score (nSPS) is 22.6. The molecule has 1 saturated carbocycles. The Kier molecular flexibility index (Phi) is 4.86. The van der Waals surface area contributed by atoms with E-state index in [9.17, 15) is 9.59 Å². The van der Waals surface area contributed by atoms with E-state index in [1.165, 1.54) is 0 Å². The fourth-order valence-corrected chi connectivity index (χ4v) is 3.57. The molecule has 1 unspecified atom stereocenters. The van der Waals surface area contributed by atoms with Crippen LogP contribution in [0, 0.1) is 0 Å². The maximum atomic E-state index is 12.6. The third kappa shape index (κ3) is 2.49. The van der Waals surface area contributed by atoms with Crippen LogP contribution in [0.25, 0.3) is 0 Å². The molecule has 1 fully saturated rings. The summed E-state index contributed by atoms with van der Waals surface area (Å²) in [4.78, 5) is 26.1. The Labute approximate surface area is 124 Å². The van der Waals surface area contributed by atoms with Crippen LogP contribution in [0.15, 0.2) is 29.2 Å². The van der Waals surface area contributed by atoms with Gasteiger partial charge >= 0.3 is 5.97 Å². The van der Waals surface area contributed by atoms with Gasteiger partial charge < -0.3 is 4.74 Å². The molecular weight excluding hydrogens is 272 g/mol. The lowest BCUT2D eigenvalue weighted by Gasteiger charge is -2.34. The van der Waals surface area contributed by atoms with Crippen molar-refractivity contribution in [3.63, 3.8) is 0 Å². The predicted molar refractivity (Wildman–Crippen MR) is 80.0 cm³/mol. The van der Waals surface area contributed by atoms with E-state index in [1.54, 1.807) is 18.7 Å². The number of hydrogen-bond donors (Lipinski definition) is 0. The summed E-state index contributed by atoms with van der Waals surface area (Å²) in [6.45, 7) is 2.08. The molecule has 0 amide bonds. The van der Waals surface area contributed by atoms with Gasteiger partial charge in [0.15, 0.2) is 11.2 Å². The molecule has 1 aromatic carbocycles. The highest BCUT2D eigenvalue weighted by atomic mass is 32.2. The third-order valence-corrected chi connectivity index (χ3v) is 4.67. The van der Waals surface area contributed by atoms with Gasteiger partial charge in [-0.25, -0.2) is 0 Å². The van der Waals surface area contributed by atoms with Crippen molar-refractivity contribution in [2.24, 2.45) is 0 Å². The van der Waals surface area contributed by atoms with Gasteiger partial charge in [-0.3, -0.25) is 9.59 Å². The second-order valence-corrected chi connectivity index (χ2v) is 5.80. The first kappa shape index (κ1) is 15.1. The number of esters is 1. The topological polar surface area (TPSA) is 43.4 Å². The van der Waals surface area contributed by atoms with Gasteiger partial charge in [0, 0.05) is 11.3 Å². The lowest BCUT2D eigenvalue weighted by Crippen LogP contribution is -2.47. The van der Waals surface area contributed by atoms with Gasteiger partial charge in [-0.15, -0.1) is 11.8 Å². The van der Waals surface area contributed by atoms with Crippen LogP contribution in [0.1, 0.15) is 38.2 Å². The molecule has 0 aromatic heterocycles. The average molecular weight is 292 g/mol. The number of hydrogen-bond acceptors (Lipinski definition) is 4. The number of rotatable bonds is 4. The first-order valence-electron chi connectivity index (χ1n) is 7.00. The average Bonchev–Trinajstić information content (AvgIpc) is 2.48. The van der Waals surface area contributed by atoms with Gasteiger partial charge in [-0.2, -0.15) is 0 Å². The number of ketones is 1. The molecule has 4 heteroatoms. The van der Waals surface area contributed by atoms with E-state index in [0.717, 1.165) is 23.3 Å². The van der Waals surface area contributed by atoms with Crippen LogP contribution >= 0.6 is 11.8 Å². The molecule has 1 aliphatic rings. The Morgan fingerprint density at radius 3 is 2.75 bits per heavy atom. The van der Waals surface area contributed by atoms with Crippen molar-refractivity contribution >= 4 is 23.5 Å². The Hall–Kier alpha value is -1.29. The molecule has 0 radical (unpaired) electrons. The van der Waals surface area contributed by atoms with E-state index in [0.29, 0.717) is 19.4 Å². The van der Waals surface area contributed by atoms with Gasteiger partial charge in [0.25, 0.3) is 0 Å². The smallest absolute Gasteiger partial charge is 0.324 e. The summed E-state index contributed by atoms with van der Waals surface area (Å²) >= 11 is 1.57.